The van der Waals surface area contributed by atoms with Crippen LogP contribution in [0.5, 0.6) is 0 Å². The number of fused-ring (bicyclic) bond motifs is 1. The first-order valence-electron chi connectivity index (χ1n) is 8.73. The van der Waals surface area contributed by atoms with E-state index in [0.29, 0.717) is 0 Å². The second-order valence-electron chi connectivity index (χ2n) is 5.87. The van der Waals surface area contributed by atoms with Gasteiger partial charge in [-0.25, -0.2) is 4.98 Å². The van der Waals surface area contributed by atoms with Crippen molar-refractivity contribution >= 4 is 52.2 Å². The maximum absolute atomic E-state index is 4.59. The molecule has 5 nitrogen and oxygen atoms in total. The minimum absolute atomic E-state index is 0. The normalized spacial score (nSPS) is 11.4. The lowest BCUT2D eigenvalue weighted by Crippen LogP contribution is -2.39. The van der Waals surface area contributed by atoms with Crippen molar-refractivity contribution in [2.75, 3.05) is 20.1 Å². The Labute approximate surface area is 175 Å². The minimum Gasteiger partial charge on any atom is -0.361 e. The molecule has 0 saturated carbocycles. The van der Waals surface area contributed by atoms with Gasteiger partial charge in [-0.1, -0.05) is 25.1 Å². The highest BCUT2D eigenvalue weighted by atomic mass is 127. The number of rotatable bonds is 7. The third-order valence-electron chi connectivity index (χ3n) is 4.16. The maximum atomic E-state index is 4.59. The number of para-hydroxylation sites is 1. The summed E-state index contributed by atoms with van der Waals surface area (Å²) in [6.07, 6.45) is 4.97. The van der Waals surface area contributed by atoms with Crippen LogP contribution in [0.2, 0.25) is 0 Å². The lowest BCUT2D eigenvalue weighted by molar-refractivity contribution is 0.778. The molecule has 0 aliphatic carbocycles. The Balaban J connectivity index is 0.00000243. The van der Waals surface area contributed by atoms with Crippen molar-refractivity contribution in [1.82, 2.24) is 20.6 Å². The molecule has 0 atom stereocenters. The average Bonchev–Trinajstić information content (AvgIpc) is 3.27. The van der Waals surface area contributed by atoms with Gasteiger partial charge in [0, 0.05) is 49.0 Å². The smallest absolute Gasteiger partial charge is 0.190 e. The van der Waals surface area contributed by atoms with E-state index in [4.69, 9.17) is 0 Å². The molecule has 0 unspecified atom stereocenters. The zero-order valence-electron chi connectivity index (χ0n) is 15.2. The zero-order chi connectivity index (χ0) is 17.5. The van der Waals surface area contributed by atoms with Gasteiger partial charge in [0.25, 0.3) is 0 Å². The highest BCUT2D eigenvalue weighted by molar-refractivity contribution is 14.0. The van der Waals surface area contributed by atoms with Gasteiger partial charge in [0.1, 0.15) is 0 Å². The molecule has 0 spiro atoms. The van der Waals surface area contributed by atoms with E-state index in [2.05, 4.69) is 68.4 Å². The molecule has 2 aromatic heterocycles. The van der Waals surface area contributed by atoms with Crippen LogP contribution in [0.1, 0.15) is 23.2 Å². The molecule has 0 aliphatic rings. The Hall–Kier alpha value is -1.61. The van der Waals surface area contributed by atoms with E-state index in [0.717, 1.165) is 44.0 Å². The van der Waals surface area contributed by atoms with Crippen LogP contribution in [-0.2, 0) is 19.3 Å². The second kappa shape index (κ2) is 10.5. The number of aromatic nitrogens is 2. The number of nitrogens with zero attached hydrogens (tertiary/aromatic N) is 2. The summed E-state index contributed by atoms with van der Waals surface area (Å²) in [6.45, 7) is 3.82. The number of guanidine groups is 1. The number of benzene rings is 1. The number of aryl methyl sites for hydroxylation is 1. The SMILES string of the molecule is CCc1nc(CCNC(=NC)NCCc2c[nH]c3ccccc23)cs1.I. The molecule has 0 radical (unpaired) electrons. The van der Waals surface area contributed by atoms with Gasteiger partial charge >= 0.3 is 0 Å². The van der Waals surface area contributed by atoms with E-state index in [9.17, 15) is 0 Å². The van der Waals surface area contributed by atoms with Crippen LogP contribution in [0, 0.1) is 0 Å². The van der Waals surface area contributed by atoms with E-state index >= 15 is 0 Å². The first-order chi connectivity index (χ1) is 12.3. The molecular formula is C19H26IN5S. The Morgan fingerprint density at radius 2 is 1.96 bits per heavy atom. The largest absolute Gasteiger partial charge is 0.361 e. The first-order valence-corrected chi connectivity index (χ1v) is 9.61. The number of H-pyrrole nitrogens is 1. The van der Waals surface area contributed by atoms with Crippen molar-refractivity contribution in [2.45, 2.75) is 26.2 Å². The molecule has 0 saturated heterocycles. The number of thiazole rings is 1. The molecule has 0 bridgehead atoms. The monoisotopic (exact) mass is 483 g/mol. The number of hydrogen-bond acceptors (Lipinski definition) is 3. The molecule has 3 N–H and O–H groups in total. The van der Waals surface area contributed by atoms with Crippen LogP contribution in [-0.4, -0.2) is 36.1 Å². The molecule has 7 heteroatoms. The molecule has 1 aromatic carbocycles. The van der Waals surface area contributed by atoms with Crippen LogP contribution in [0.15, 0.2) is 40.8 Å². The molecule has 0 fully saturated rings. The third kappa shape index (κ3) is 5.44. The molecule has 0 amide bonds. The minimum atomic E-state index is 0. The number of halogens is 1. The topological polar surface area (TPSA) is 65.1 Å². The molecule has 2 heterocycles. The van der Waals surface area contributed by atoms with Gasteiger partial charge in [0.15, 0.2) is 5.96 Å². The third-order valence-corrected chi connectivity index (χ3v) is 5.20. The van der Waals surface area contributed by atoms with Crippen molar-refractivity contribution in [3.63, 3.8) is 0 Å². The quantitative estimate of drug-likeness (QED) is 0.273. The number of aliphatic imine (C=N–C) groups is 1. The fourth-order valence-corrected chi connectivity index (χ4v) is 3.59. The van der Waals surface area contributed by atoms with E-state index in [1.165, 1.54) is 21.5 Å². The van der Waals surface area contributed by atoms with Gasteiger partial charge in [0.2, 0.25) is 0 Å². The summed E-state index contributed by atoms with van der Waals surface area (Å²) in [7, 11) is 1.80. The predicted molar refractivity (Wildman–Crippen MR) is 122 cm³/mol. The Morgan fingerprint density at radius 3 is 2.69 bits per heavy atom. The molecule has 26 heavy (non-hydrogen) atoms. The Kier molecular flexibility index (Phi) is 8.37. The predicted octanol–water partition coefficient (Wildman–Crippen LogP) is 3.76. The van der Waals surface area contributed by atoms with Crippen LogP contribution in [0.4, 0.5) is 0 Å². The first kappa shape index (κ1) is 20.7. The molecule has 0 aliphatic heterocycles. The zero-order valence-corrected chi connectivity index (χ0v) is 18.4. The molecule has 3 aromatic rings. The Bertz CT molecular complexity index is 839. The van der Waals surface area contributed by atoms with Crippen molar-refractivity contribution in [3.05, 3.63) is 52.1 Å². The number of aromatic amines is 1. The van der Waals surface area contributed by atoms with Gasteiger partial charge in [0.05, 0.1) is 10.7 Å². The number of hydrogen-bond donors (Lipinski definition) is 3. The highest BCUT2D eigenvalue weighted by Gasteiger charge is 2.04. The summed E-state index contributed by atoms with van der Waals surface area (Å²) in [4.78, 5) is 12.2. The highest BCUT2D eigenvalue weighted by Crippen LogP contribution is 2.17. The fraction of sp³-hybridized carbons (Fsp3) is 0.368. The van der Waals surface area contributed by atoms with Crippen LogP contribution >= 0.6 is 35.3 Å². The van der Waals surface area contributed by atoms with Crippen LogP contribution in [0.3, 0.4) is 0 Å². The van der Waals surface area contributed by atoms with E-state index < -0.39 is 0 Å². The average molecular weight is 483 g/mol. The van der Waals surface area contributed by atoms with Crippen molar-refractivity contribution in [2.24, 2.45) is 4.99 Å². The maximum Gasteiger partial charge on any atom is 0.190 e. The van der Waals surface area contributed by atoms with E-state index in [1.807, 2.05) is 0 Å². The summed E-state index contributed by atoms with van der Waals surface area (Å²) < 4.78 is 0. The fourth-order valence-electron chi connectivity index (χ4n) is 2.81. The standard InChI is InChI=1S/C19H25N5S.HI/c1-3-18-24-15(13-25-18)9-11-22-19(20-2)21-10-8-14-12-23-17-7-5-4-6-16(14)17;/h4-7,12-13,23H,3,8-11H2,1-2H3,(H2,20,21,22);1H. The summed E-state index contributed by atoms with van der Waals surface area (Å²) in [5.74, 6) is 0.839. The summed E-state index contributed by atoms with van der Waals surface area (Å²) in [5, 5.41) is 11.4. The van der Waals surface area contributed by atoms with Crippen LogP contribution in [0.25, 0.3) is 10.9 Å². The van der Waals surface area contributed by atoms with Gasteiger partial charge in [-0.05, 0) is 24.5 Å². The number of nitrogens with one attached hydrogen (secondary N) is 3. The van der Waals surface area contributed by atoms with Crippen molar-refractivity contribution < 1.29 is 0 Å². The van der Waals surface area contributed by atoms with Gasteiger partial charge in [-0.15, -0.1) is 35.3 Å². The van der Waals surface area contributed by atoms with Crippen molar-refractivity contribution in [1.29, 1.82) is 0 Å². The lowest BCUT2D eigenvalue weighted by Gasteiger charge is -2.11. The van der Waals surface area contributed by atoms with E-state index in [-0.39, 0.29) is 24.0 Å². The molecular weight excluding hydrogens is 457 g/mol. The van der Waals surface area contributed by atoms with Gasteiger partial charge in [-0.3, -0.25) is 4.99 Å². The molecule has 140 valence electrons. The van der Waals surface area contributed by atoms with Crippen molar-refractivity contribution in [3.8, 4) is 0 Å². The lowest BCUT2D eigenvalue weighted by atomic mass is 10.1. The molecule has 3 rings (SSSR count). The summed E-state index contributed by atoms with van der Waals surface area (Å²) in [6, 6.07) is 8.40. The Morgan fingerprint density at radius 1 is 1.19 bits per heavy atom. The van der Waals surface area contributed by atoms with E-state index in [1.54, 1.807) is 18.4 Å². The second-order valence-corrected chi connectivity index (χ2v) is 6.81. The van der Waals surface area contributed by atoms with Crippen LogP contribution < -0.4 is 10.6 Å². The van der Waals surface area contributed by atoms with Gasteiger partial charge in [-0.2, -0.15) is 0 Å². The van der Waals surface area contributed by atoms with Gasteiger partial charge < -0.3 is 15.6 Å². The summed E-state index contributed by atoms with van der Waals surface area (Å²) >= 11 is 1.74. The summed E-state index contributed by atoms with van der Waals surface area (Å²) in [5.41, 5.74) is 3.67.